The third kappa shape index (κ3) is 5.28. The fourth-order valence-electron chi connectivity index (χ4n) is 3.53. The van der Waals surface area contributed by atoms with Gasteiger partial charge in [-0.3, -0.25) is 9.59 Å². The van der Waals surface area contributed by atoms with Gasteiger partial charge in [-0.25, -0.2) is 4.39 Å². The number of hydrogen-bond donors (Lipinski definition) is 2. The molecule has 1 aliphatic heterocycles. The Morgan fingerprint density at radius 3 is 2.57 bits per heavy atom. The number of methoxy groups -OCH3 is 1. The largest absolute Gasteiger partial charge is 0.495 e. The van der Waals surface area contributed by atoms with Gasteiger partial charge in [0.2, 0.25) is 5.91 Å². The van der Waals surface area contributed by atoms with Crippen LogP contribution in [0.4, 0.5) is 15.8 Å². The topological polar surface area (TPSA) is 70.7 Å². The summed E-state index contributed by atoms with van der Waals surface area (Å²) in [5.41, 5.74) is 1.32. The Morgan fingerprint density at radius 2 is 1.90 bits per heavy atom. The molecule has 1 heterocycles. The monoisotopic (exact) mass is 413 g/mol. The van der Waals surface area contributed by atoms with Gasteiger partial charge in [0, 0.05) is 24.3 Å². The number of rotatable bonds is 6. The van der Waals surface area contributed by atoms with Gasteiger partial charge in [0.25, 0.3) is 5.91 Å². The van der Waals surface area contributed by atoms with Gasteiger partial charge in [0.1, 0.15) is 17.6 Å². The number of carbonyl (C=O) groups excluding carboxylic acids is 2. The molecule has 3 rings (SSSR count). The number of amides is 2. The van der Waals surface area contributed by atoms with Gasteiger partial charge in [-0.15, -0.1) is 0 Å². The van der Waals surface area contributed by atoms with E-state index in [1.54, 1.807) is 18.2 Å². The van der Waals surface area contributed by atoms with Crippen molar-refractivity contribution in [2.24, 2.45) is 5.92 Å². The minimum Gasteiger partial charge on any atom is -0.495 e. The van der Waals surface area contributed by atoms with Crippen LogP contribution in [0.3, 0.4) is 0 Å². The highest BCUT2D eigenvalue weighted by atomic mass is 19.1. The Hall–Kier alpha value is -3.09. The fourth-order valence-corrected chi connectivity index (χ4v) is 3.53. The zero-order chi connectivity index (χ0) is 21.7. The lowest BCUT2D eigenvalue weighted by Gasteiger charge is -2.32. The highest BCUT2D eigenvalue weighted by Crippen LogP contribution is 2.29. The van der Waals surface area contributed by atoms with E-state index in [0.717, 1.165) is 25.9 Å². The Morgan fingerprint density at radius 1 is 1.17 bits per heavy atom. The Labute approximate surface area is 176 Å². The third-order valence-corrected chi connectivity index (χ3v) is 5.38. The molecule has 0 spiro atoms. The lowest BCUT2D eigenvalue weighted by atomic mass is 9.99. The number of ether oxygens (including phenoxy) is 1. The molecule has 1 saturated heterocycles. The second-order valence-corrected chi connectivity index (χ2v) is 7.75. The SMILES string of the molecule is COc1ccc(NC(C)C(=O)N2CCC(C)CC2)cc1NC(=O)c1cccc(F)c1. The van der Waals surface area contributed by atoms with Crippen LogP contribution in [0, 0.1) is 11.7 Å². The summed E-state index contributed by atoms with van der Waals surface area (Å²) in [7, 11) is 1.50. The lowest BCUT2D eigenvalue weighted by Crippen LogP contribution is -2.45. The van der Waals surface area contributed by atoms with Crippen LogP contribution in [0.25, 0.3) is 0 Å². The summed E-state index contributed by atoms with van der Waals surface area (Å²) < 4.78 is 18.7. The molecule has 1 aliphatic rings. The summed E-state index contributed by atoms with van der Waals surface area (Å²) in [6.07, 6.45) is 2.05. The maximum absolute atomic E-state index is 13.4. The number of halogens is 1. The highest BCUT2D eigenvalue weighted by Gasteiger charge is 2.24. The van der Waals surface area contributed by atoms with Crippen molar-refractivity contribution in [1.29, 1.82) is 0 Å². The van der Waals surface area contributed by atoms with Crippen molar-refractivity contribution in [1.82, 2.24) is 4.90 Å². The number of nitrogens with one attached hydrogen (secondary N) is 2. The quantitative estimate of drug-likeness (QED) is 0.747. The van der Waals surface area contributed by atoms with Crippen LogP contribution < -0.4 is 15.4 Å². The molecule has 1 fully saturated rings. The van der Waals surface area contributed by atoms with Crippen molar-refractivity contribution in [3.8, 4) is 5.75 Å². The maximum atomic E-state index is 13.4. The van der Waals surface area contributed by atoms with E-state index in [9.17, 15) is 14.0 Å². The number of nitrogens with zero attached hydrogens (tertiary/aromatic N) is 1. The zero-order valence-electron chi connectivity index (χ0n) is 17.6. The van der Waals surface area contributed by atoms with E-state index >= 15 is 0 Å². The van der Waals surface area contributed by atoms with Gasteiger partial charge in [-0.1, -0.05) is 13.0 Å². The summed E-state index contributed by atoms with van der Waals surface area (Å²) in [5, 5.41) is 5.96. The van der Waals surface area contributed by atoms with Crippen molar-refractivity contribution >= 4 is 23.2 Å². The summed E-state index contributed by atoms with van der Waals surface area (Å²) in [5.74, 6) is 0.251. The Bertz CT molecular complexity index is 910. The van der Waals surface area contributed by atoms with Gasteiger partial charge in [-0.05, 0) is 62.1 Å². The normalized spacial score (nSPS) is 15.4. The average molecular weight is 413 g/mol. The molecule has 1 unspecified atom stereocenters. The van der Waals surface area contributed by atoms with Crippen molar-refractivity contribution in [2.45, 2.75) is 32.7 Å². The zero-order valence-corrected chi connectivity index (χ0v) is 17.6. The molecule has 2 amide bonds. The predicted octanol–water partition coefficient (Wildman–Crippen LogP) is 4.15. The predicted molar refractivity (Wildman–Crippen MR) is 115 cm³/mol. The smallest absolute Gasteiger partial charge is 0.255 e. The highest BCUT2D eigenvalue weighted by molar-refractivity contribution is 6.05. The van der Waals surface area contributed by atoms with E-state index in [0.29, 0.717) is 23.0 Å². The molecule has 2 aromatic carbocycles. The second-order valence-electron chi connectivity index (χ2n) is 7.75. The first kappa shape index (κ1) is 21.6. The van der Waals surface area contributed by atoms with Crippen LogP contribution in [-0.4, -0.2) is 43.0 Å². The van der Waals surface area contributed by atoms with E-state index < -0.39 is 17.8 Å². The molecular weight excluding hydrogens is 385 g/mol. The van der Waals surface area contributed by atoms with Crippen LogP contribution in [0.15, 0.2) is 42.5 Å². The number of piperidine rings is 1. The van der Waals surface area contributed by atoms with Crippen LogP contribution in [0.1, 0.15) is 37.0 Å². The number of likely N-dealkylation sites (tertiary alicyclic amines) is 1. The molecule has 160 valence electrons. The van der Waals surface area contributed by atoms with Crippen LogP contribution in [0.2, 0.25) is 0 Å². The summed E-state index contributed by atoms with van der Waals surface area (Å²) in [6, 6.07) is 10.3. The maximum Gasteiger partial charge on any atom is 0.255 e. The van der Waals surface area contributed by atoms with Gasteiger partial charge in [-0.2, -0.15) is 0 Å². The van der Waals surface area contributed by atoms with E-state index in [4.69, 9.17) is 4.74 Å². The van der Waals surface area contributed by atoms with Gasteiger partial charge < -0.3 is 20.3 Å². The molecule has 0 saturated carbocycles. The lowest BCUT2D eigenvalue weighted by molar-refractivity contribution is -0.132. The Kier molecular flexibility index (Phi) is 6.92. The first-order valence-electron chi connectivity index (χ1n) is 10.2. The first-order chi connectivity index (χ1) is 14.4. The van der Waals surface area contributed by atoms with Crippen LogP contribution in [-0.2, 0) is 4.79 Å². The standard InChI is InChI=1S/C23H28FN3O3/c1-15-9-11-27(12-10-15)23(29)16(2)25-19-7-8-21(30-3)20(14-19)26-22(28)17-5-4-6-18(24)13-17/h4-8,13-16,25H,9-12H2,1-3H3,(H,26,28). The molecule has 30 heavy (non-hydrogen) atoms. The van der Waals surface area contributed by atoms with Gasteiger partial charge >= 0.3 is 0 Å². The summed E-state index contributed by atoms with van der Waals surface area (Å²) in [6.45, 7) is 5.60. The van der Waals surface area contributed by atoms with Crippen LogP contribution in [0.5, 0.6) is 5.75 Å². The molecule has 0 aromatic heterocycles. The van der Waals surface area contributed by atoms with Crippen molar-refractivity contribution in [3.05, 3.63) is 53.8 Å². The fraction of sp³-hybridized carbons (Fsp3) is 0.391. The molecule has 6 nitrogen and oxygen atoms in total. The van der Waals surface area contributed by atoms with E-state index in [1.165, 1.54) is 31.4 Å². The number of benzene rings is 2. The van der Waals surface area contributed by atoms with E-state index in [-0.39, 0.29) is 11.5 Å². The van der Waals surface area contributed by atoms with Gasteiger partial charge in [0.15, 0.2) is 0 Å². The first-order valence-corrected chi connectivity index (χ1v) is 10.2. The molecular formula is C23H28FN3O3. The molecule has 0 radical (unpaired) electrons. The molecule has 7 heteroatoms. The van der Waals surface area contributed by atoms with Gasteiger partial charge in [0.05, 0.1) is 12.8 Å². The van der Waals surface area contributed by atoms with E-state index in [1.807, 2.05) is 11.8 Å². The number of anilines is 2. The summed E-state index contributed by atoms with van der Waals surface area (Å²) >= 11 is 0. The number of hydrogen-bond acceptors (Lipinski definition) is 4. The molecule has 0 bridgehead atoms. The van der Waals surface area contributed by atoms with Crippen molar-refractivity contribution in [3.63, 3.8) is 0 Å². The average Bonchev–Trinajstić information content (AvgIpc) is 2.74. The third-order valence-electron chi connectivity index (χ3n) is 5.38. The molecule has 2 N–H and O–H groups in total. The summed E-state index contributed by atoms with van der Waals surface area (Å²) in [4.78, 5) is 27.1. The molecule has 1 atom stereocenters. The minimum absolute atomic E-state index is 0.0584. The van der Waals surface area contributed by atoms with E-state index in [2.05, 4.69) is 17.6 Å². The van der Waals surface area contributed by atoms with Crippen molar-refractivity contribution in [2.75, 3.05) is 30.8 Å². The molecule has 0 aliphatic carbocycles. The second kappa shape index (κ2) is 9.61. The van der Waals surface area contributed by atoms with Crippen LogP contribution >= 0.6 is 0 Å². The number of carbonyl (C=O) groups is 2. The molecule has 2 aromatic rings. The van der Waals surface area contributed by atoms with Crippen molar-refractivity contribution < 1.29 is 18.7 Å². The minimum atomic E-state index is -0.482. The Balaban J connectivity index is 1.70.